The fourth-order valence-electron chi connectivity index (χ4n) is 1.75. The van der Waals surface area contributed by atoms with Crippen LogP contribution in [-0.2, 0) is 11.2 Å². The van der Waals surface area contributed by atoms with Crippen LogP contribution in [0.3, 0.4) is 0 Å². The number of rotatable bonds is 4. The highest BCUT2D eigenvalue weighted by molar-refractivity contribution is 5.81. The summed E-state index contributed by atoms with van der Waals surface area (Å²) < 4.78 is 0. The number of pyridine rings is 1. The van der Waals surface area contributed by atoms with Crippen molar-refractivity contribution in [2.24, 2.45) is 5.92 Å². The van der Waals surface area contributed by atoms with Crippen LogP contribution in [0.2, 0.25) is 0 Å². The van der Waals surface area contributed by atoms with Gasteiger partial charge in [-0.2, -0.15) is 0 Å². The Hall–Kier alpha value is -1.18. The maximum atomic E-state index is 11.6. The van der Waals surface area contributed by atoms with Crippen molar-refractivity contribution in [2.45, 2.75) is 32.1 Å². The molecule has 0 aliphatic heterocycles. The minimum absolute atomic E-state index is 0.381. The highest BCUT2D eigenvalue weighted by atomic mass is 16.1. The molecule has 74 valence electrons. The SMILES string of the molecule is O=C(CCc1cccnc1)C1CCC1. The molecule has 0 aromatic carbocycles. The quantitative estimate of drug-likeness (QED) is 0.728. The molecule has 0 bridgehead atoms. The lowest BCUT2D eigenvalue weighted by Gasteiger charge is -2.23. The van der Waals surface area contributed by atoms with Gasteiger partial charge < -0.3 is 0 Å². The lowest BCUT2D eigenvalue weighted by atomic mass is 9.80. The van der Waals surface area contributed by atoms with Crippen LogP contribution in [0.15, 0.2) is 24.5 Å². The van der Waals surface area contributed by atoms with Gasteiger partial charge in [0.2, 0.25) is 0 Å². The van der Waals surface area contributed by atoms with Crippen LogP contribution in [-0.4, -0.2) is 10.8 Å². The van der Waals surface area contributed by atoms with Gasteiger partial charge in [0, 0.05) is 24.7 Å². The molecule has 1 fully saturated rings. The minimum Gasteiger partial charge on any atom is -0.299 e. The summed E-state index contributed by atoms with van der Waals surface area (Å²) in [5.41, 5.74) is 1.17. The molecule has 2 nitrogen and oxygen atoms in total. The molecule has 1 heterocycles. The molecule has 0 N–H and O–H groups in total. The number of Topliss-reactive ketones (excluding diaryl/α,β-unsaturated/α-hetero) is 1. The summed E-state index contributed by atoms with van der Waals surface area (Å²) in [5, 5.41) is 0. The molecule has 1 aliphatic carbocycles. The molecular weight excluding hydrogens is 174 g/mol. The summed E-state index contributed by atoms with van der Waals surface area (Å²) >= 11 is 0. The number of aryl methyl sites for hydroxylation is 1. The molecular formula is C12H15NO. The Morgan fingerprint density at radius 2 is 2.36 bits per heavy atom. The highest BCUT2D eigenvalue weighted by Gasteiger charge is 2.24. The monoisotopic (exact) mass is 189 g/mol. The second-order valence-corrected chi connectivity index (χ2v) is 3.96. The smallest absolute Gasteiger partial charge is 0.136 e. The number of hydrogen-bond acceptors (Lipinski definition) is 2. The molecule has 0 radical (unpaired) electrons. The first-order chi connectivity index (χ1) is 6.86. The molecule has 14 heavy (non-hydrogen) atoms. The Morgan fingerprint density at radius 1 is 1.50 bits per heavy atom. The average Bonchev–Trinajstić information content (AvgIpc) is 2.14. The van der Waals surface area contributed by atoms with Crippen molar-refractivity contribution in [2.75, 3.05) is 0 Å². The first-order valence-corrected chi connectivity index (χ1v) is 5.28. The first-order valence-electron chi connectivity index (χ1n) is 5.28. The summed E-state index contributed by atoms with van der Waals surface area (Å²) in [6.45, 7) is 0. The van der Waals surface area contributed by atoms with Crippen molar-refractivity contribution in [1.29, 1.82) is 0 Å². The second kappa shape index (κ2) is 4.36. The van der Waals surface area contributed by atoms with Gasteiger partial charge in [-0.15, -0.1) is 0 Å². The maximum absolute atomic E-state index is 11.6. The standard InChI is InChI=1S/C12H15NO/c14-12(11-4-1-5-11)7-6-10-3-2-8-13-9-10/h2-3,8-9,11H,1,4-7H2. The molecule has 2 rings (SSSR count). The van der Waals surface area contributed by atoms with Crippen LogP contribution < -0.4 is 0 Å². The summed E-state index contributed by atoms with van der Waals surface area (Å²) in [6.07, 6.45) is 8.62. The van der Waals surface area contributed by atoms with Gasteiger partial charge >= 0.3 is 0 Å². The summed E-state index contributed by atoms with van der Waals surface area (Å²) in [7, 11) is 0. The van der Waals surface area contributed by atoms with Gasteiger partial charge in [-0.1, -0.05) is 12.5 Å². The minimum atomic E-state index is 0.381. The van der Waals surface area contributed by atoms with E-state index < -0.39 is 0 Å². The van der Waals surface area contributed by atoms with Crippen molar-refractivity contribution in [3.05, 3.63) is 30.1 Å². The molecule has 1 saturated carbocycles. The lowest BCUT2D eigenvalue weighted by Crippen LogP contribution is -2.22. The Bertz CT molecular complexity index is 303. The zero-order valence-electron chi connectivity index (χ0n) is 8.28. The van der Waals surface area contributed by atoms with Crippen LogP contribution in [0.25, 0.3) is 0 Å². The molecule has 0 atom stereocenters. The van der Waals surface area contributed by atoms with E-state index in [9.17, 15) is 4.79 Å². The molecule has 0 amide bonds. The van der Waals surface area contributed by atoms with Crippen molar-refractivity contribution in [1.82, 2.24) is 4.98 Å². The van der Waals surface area contributed by atoms with Gasteiger partial charge in [0.05, 0.1) is 0 Å². The van der Waals surface area contributed by atoms with Gasteiger partial charge in [-0.05, 0) is 30.9 Å². The maximum Gasteiger partial charge on any atom is 0.136 e. The van der Waals surface area contributed by atoms with Crippen LogP contribution in [0.1, 0.15) is 31.2 Å². The molecule has 2 heteroatoms. The number of aromatic nitrogens is 1. The fraction of sp³-hybridized carbons (Fsp3) is 0.500. The molecule has 0 saturated heterocycles. The van der Waals surface area contributed by atoms with E-state index in [1.165, 1.54) is 12.0 Å². The third-order valence-corrected chi connectivity index (χ3v) is 2.94. The van der Waals surface area contributed by atoms with Crippen molar-refractivity contribution in [3.8, 4) is 0 Å². The van der Waals surface area contributed by atoms with E-state index >= 15 is 0 Å². The van der Waals surface area contributed by atoms with Crippen molar-refractivity contribution >= 4 is 5.78 Å². The normalized spacial score (nSPS) is 16.3. The Morgan fingerprint density at radius 3 is 2.93 bits per heavy atom. The largest absolute Gasteiger partial charge is 0.299 e. The first kappa shape index (κ1) is 9.38. The lowest BCUT2D eigenvalue weighted by molar-refractivity contribution is -0.125. The average molecular weight is 189 g/mol. The predicted molar refractivity (Wildman–Crippen MR) is 54.9 cm³/mol. The third-order valence-electron chi connectivity index (χ3n) is 2.94. The molecule has 0 unspecified atom stereocenters. The second-order valence-electron chi connectivity index (χ2n) is 3.96. The number of carbonyl (C=O) groups is 1. The van der Waals surface area contributed by atoms with E-state index in [1.54, 1.807) is 6.20 Å². The topological polar surface area (TPSA) is 30.0 Å². The zero-order valence-corrected chi connectivity index (χ0v) is 8.28. The number of nitrogens with zero attached hydrogens (tertiary/aromatic N) is 1. The van der Waals surface area contributed by atoms with E-state index in [-0.39, 0.29) is 0 Å². The van der Waals surface area contributed by atoms with Gasteiger partial charge in [0.15, 0.2) is 0 Å². The van der Waals surface area contributed by atoms with Gasteiger partial charge in [0.25, 0.3) is 0 Å². The number of ketones is 1. The van der Waals surface area contributed by atoms with E-state index in [0.717, 1.165) is 19.3 Å². The molecule has 0 spiro atoms. The van der Waals surface area contributed by atoms with Crippen LogP contribution in [0.4, 0.5) is 0 Å². The molecule has 1 aliphatic rings. The summed E-state index contributed by atoms with van der Waals surface area (Å²) in [4.78, 5) is 15.6. The Balaban J connectivity index is 1.79. The van der Waals surface area contributed by atoms with Gasteiger partial charge in [0.1, 0.15) is 5.78 Å². The highest BCUT2D eigenvalue weighted by Crippen LogP contribution is 2.28. The van der Waals surface area contributed by atoms with Crippen LogP contribution in [0, 0.1) is 5.92 Å². The molecule has 1 aromatic heterocycles. The third kappa shape index (κ3) is 2.19. The fourth-order valence-corrected chi connectivity index (χ4v) is 1.75. The van der Waals surface area contributed by atoms with E-state index in [0.29, 0.717) is 18.1 Å². The summed E-state index contributed by atoms with van der Waals surface area (Å²) in [5.74, 6) is 0.826. The van der Waals surface area contributed by atoms with Crippen LogP contribution in [0.5, 0.6) is 0 Å². The van der Waals surface area contributed by atoms with E-state index in [2.05, 4.69) is 4.98 Å². The van der Waals surface area contributed by atoms with Crippen molar-refractivity contribution in [3.63, 3.8) is 0 Å². The molecule has 1 aromatic rings. The Kier molecular flexibility index (Phi) is 2.92. The zero-order chi connectivity index (χ0) is 9.80. The predicted octanol–water partition coefficient (Wildman–Crippen LogP) is 2.38. The Labute approximate surface area is 84.4 Å². The van der Waals surface area contributed by atoms with Gasteiger partial charge in [-0.3, -0.25) is 9.78 Å². The van der Waals surface area contributed by atoms with E-state index in [4.69, 9.17) is 0 Å². The van der Waals surface area contributed by atoms with Crippen molar-refractivity contribution < 1.29 is 4.79 Å². The van der Waals surface area contributed by atoms with Gasteiger partial charge in [-0.25, -0.2) is 0 Å². The summed E-state index contributed by atoms with van der Waals surface area (Å²) in [6, 6.07) is 3.95. The number of carbonyl (C=O) groups excluding carboxylic acids is 1. The van der Waals surface area contributed by atoms with E-state index in [1.807, 2.05) is 18.3 Å². The number of hydrogen-bond donors (Lipinski definition) is 0. The van der Waals surface area contributed by atoms with Crippen LogP contribution >= 0.6 is 0 Å².